The first-order valence-electron chi connectivity index (χ1n) is 11.7. The molecule has 0 unspecified atom stereocenters. The highest BCUT2D eigenvalue weighted by molar-refractivity contribution is 7.17. The summed E-state index contributed by atoms with van der Waals surface area (Å²) < 4.78 is 5.43. The molecule has 2 aliphatic heterocycles. The van der Waals surface area contributed by atoms with E-state index < -0.39 is 0 Å². The van der Waals surface area contributed by atoms with Gasteiger partial charge in [0.25, 0.3) is 11.8 Å². The Morgan fingerprint density at radius 3 is 2.74 bits per heavy atom. The standard InChI is InChI=1S/C25H25N5O3S/c31-24(27-17-5-6-17)21-13-16-7-8-30(20-4-2-1-3-18(20)23(16)34-21)25(32)19-14-26-15-22(28-19)29-9-11-33-12-10-29/h1-4,13-15,17H,5-12H2,(H,27,31). The molecule has 2 amide bonds. The second-order valence-electron chi connectivity index (χ2n) is 8.80. The van der Waals surface area contributed by atoms with Crippen molar-refractivity contribution in [2.45, 2.75) is 25.3 Å². The maximum absolute atomic E-state index is 13.6. The second kappa shape index (κ2) is 8.81. The number of nitrogens with one attached hydrogen (secondary N) is 1. The molecule has 1 aromatic carbocycles. The Kier molecular flexibility index (Phi) is 5.50. The molecule has 0 radical (unpaired) electrons. The van der Waals surface area contributed by atoms with Gasteiger partial charge in [-0.05, 0) is 37.0 Å². The molecule has 34 heavy (non-hydrogen) atoms. The normalized spacial score (nSPS) is 17.5. The zero-order chi connectivity index (χ0) is 23.1. The van der Waals surface area contributed by atoms with Crippen LogP contribution in [0, 0.1) is 0 Å². The third kappa shape index (κ3) is 4.05. The number of aromatic nitrogens is 2. The van der Waals surface area contributed by atoms with Crippen LogP contribution in [0.1, 0.15) is 38.6 Å². The molecule has 3 aromatic rings. The number of thiophene rings is 1. The number of para-hydroxylation sites is 1. The Morgan fingerprint density at radius 2 is 1.91 bits per heavy atom. The topological polar surface area (TPSA) is 87.7 Å². The van der Waals surface area contributed by atoms with Crippen LogP contribution in [-0.2, 0) is 11.2 Å². The van der Waals surface area contributed by atoms with Gasteiger partial charge in [-0.1, -0.05) is 18.2 Å². The zero-order valence-electron chi connectivity index (χ0n) is 18.7. The summed E-state index contributed by atoms with van der Waals surface area (Å²) in [7, 11) is 0. The van der Waals surface area contributed by atoms with Gasteiger partial charge < -0.3 is 19.9 Å². The Morgan fingerprint density at radius 1 is 1.09 bits per heavy atom. The van der Waals surface area contributed by atoms with Crippen LogP contribution < -0.4 is 15.1 Å². The van der Waals surface area contributed by atoms with Crippen LogP contribution >= 0.6 is 11.3 Å². The Hall–Kier alpha value is -3.30. The largest absolute Gasteiger partial charge is 0.378 e. The average molecular weight is 476 g/mol. The first-order valence-corrected chi connectivity index (χ1v) is 12.5. The molecule has 1 N–H and O–H groups in total. The van der Waals surface area contributed by atoms with Crippen molar-refractivity contribution in [1.29, 1.82) is 0 Å². The average Bonchev–Trinajstić information content (AvgIpc) is 3.63. The summed E-state index contributed by atoms with van der Waals surface area (Å²) in [6.07, 6.45) is 6.03. The number of ether oxygens (including phenoxy) is 1. The lowest BCUT2D eigenvalue weighted by Crippen LogP contribution is -2.38. The van der Waals surface area contributed by atoms with Gasteiger partial charge in [-0.3, -0.25) is 14.6 Å². The highest BCUT2D eigenvalue weighted by atomic mass is 32.1. The first-order chi connectivity index (χ1) is 16.7. The third-order valence-electron chi connectivity index (χ3n) is 6.41. The predicted molar refractivity (Wildman–Crippen MR) is 131 cm³/mol. The molecule has 1 saturated heterocycles. The van der Waals surface area contributed by atoms with Crippen molar-refractivity contribution in [2.24, 2.45) is 0 Å². The van der Waals surface area contributed by atoms with E-state index in [4.69, 9.17) is 4.74 Å². The molecule has 6 rings (SSSR count). The number of rotatable bonds is 4. The van der Waals surface area contributed by atoms with Crippen molar-refractivity contribution in [1.82, 2.24) is 15.3 Å². The molecule has 0 atom stereocenters. The van der Waals surface area contributed by atoms with Crippen LogP contribution in [0.4, 0.5) is 11.5 Å². The van der Waals surface area contributed by atoms with Gasteiger partial charge in [0.1, 0.15) is 11.5 Å². The Labute approximate surface area is 201 Å². The van der Waals surface area contributed by atoms with Gasteiger partial charge in [0.15, 0.2) is 0 Å². The molecule has 2 fully saturated rings. The Bertz CT molecular complexity index is 1250. The minimum absolute atomic E-state index is 0.00110. The quantitative estimate of drug-likeness (QED) is 0.624. The fourth-order valence-corrected chi connectivity index (χ4v) is 5.59. The molecule has 3 aliphatic rings. The van der Waals surface area contributed by atoms with E-state index >= 15 is 0 Å². The van der Waals surface area contributed by atoms with Crippen LogP contribution in [0.15, 0.2) is 42.7 Å². The van der Waals surface area contributed by atoms with Gasteiger partial charge in [0, 0.05) is 36.1 Å². The van der Waals surface area contributed by atoms with Gasteiger partial charge in [-0.25, -0.2) is 4.98 Å². The van der Waals surface area contributed by atoms with Crippen LogP contribution in [0.25, 0.3) is 10.4 Å². The molecule has 174 valence electrons. The number of carbonyl (C=O) groups excluding carboxylic acids is 2. The van der Waals surface area contributed by atoms with E-state index in [-0.39, 0.29) is 11.8 Å². The molecule has 4 heterocycles. The van der Waals surface area contributed by atoms with E-state index in [1.165, 1.54) is 17.5 Å². The van der Waals surface area contributed by atoms with Gasteiger partial charge in [0.05, 0.1) is 36.2 Å². The monoisotopic (exact) mass is 475 g/mol. The SMILES string of the molecule is O=C(NC1CC1)c1cc2c(s1)-c1ccccc1N(C(=O)c1cncc(N3CCOCC3)n1)CC2. The van der Waals surface area contributed by atoms with E-state index in [2.05, 4.69) is 20.2 Å². The minimum Gasteiger partial charge on any atom is -0.378 e. The number of nitrogens with zero attached hydrogens (tertiary/aromatic N) is 4. The van der Waals surface area contributed by atoms with E-state index in [0.717, 1.165) is 52.5 Å². The fraction of sp³-hybridized carbons (Fsp3) is 0.360. The molecule has 1 saturated carbocycles. The minimum atomic E-state index is -0.170. The van der Waals surface area contributed by atoms with Crippen molar-refractivity contribution in [3.63, 3.8) is 0 Å². The number of hydrogen-bond donors (Lipinski definition) is 1. The lowest BCUT2D eigenvalue weighted by atomic mass is 10.1. The number of benzene rings is 1. The predicted octanol–water partition coefficient (Wildman–Crippen LogP) is 3.14. The number of fused-ring (bicyclic) bond motifs is 3. The highest BCUT2D eigenvalue weighted by Gasteiger charge is 2.30. The fourth-order valence-electron chi connectivity index (χ4n) is 4.44. The third-order valence-corrected chi connectivity index (χ3v) is 7.62. The lowest BCUT2D eigenvalue weighted by Gasteiger charge is -2.28. The van der Waals surface area contributed by atoms with Crippen LogP contribution in [-0.4, -0.2) is 60.7 Å². The van der Waals surface area contributed by atoms with E-state index in [1.807, 2.05) is 30.3 Å². The summed E-state index contributed by atoms with van der Waals surface area (Å²) in [4.78, 5) is 40.9. The van der Waals surface area contributed by atoms with Crippen molar-refractivity contribution in [2.75, 3.05) is 42.6 Å². The highest BCUT2D eigenvalue weighted by Crippen LogP contribution is 2.42. The summed E-state index contributed by atoms with van der Waals surface area (Å²) in [6, 6.07) is 10.2. The maximum Gasteiger partial charge on any atom is 0.278 e. The van der Waals surface area contributed by atoms with Crippen LogP contribution in [0.5, 0.6) is 0 Å². The summed E-state index contributed by atoms with van der Waals surface area (Å²) in [5.74, 6) is 0.529. The summed E-state index contributed by atoms with van der Waals surface area (Å²) >= 11 is 1.50. The molecule has 8 nitrogen and oxygen atoms in total. The summed E-state index contributed by atoms with van der Waals surface area (Å²) in [6.45, 7) is 3.25. The van der Waals surface area contributed by atoms with Crippen LogP contribution in [0.3, 0.4) is 0 Å². The van der Waals surface area contributed by atoms with Gasteiger partial charge in [0.2, 0.25) is 0 Å². The van der Waals surface area contributed by atoms with E-state index in [0.29, 0.717) is 43.7 Å². The van der Waals surface area contributed by atoms with Crippen molar-refractivity contribution in [3.8, 4) is 10.4 Å². The van der Waals surface area contributed by atoms with Crippen molar-refractivity contribution < 1.29 is 14.3 Å². The maximum atomic E-state index is 13.6. The number of carbonyl (C=O) groups is 2. The van der Waals surface area contributed by atoms with Crippen LogP contribution in [0.2, 0.25) is 0 Å². The van der Waals surface area contributed by atoms with Gasteiger partial charge >= 0.3 is 0 Å². The first kappa shape index (κ1) is 21.2. The number of amides is 2. The summed E-state index contributed by atoms with van der Waals surface area (Å²) in [5, 5.41) is 3.08. The van der Waals surface area contributed by atoms with Gasteiger partial charge in [-0.15, -0.1) is 11.3 Å². The molecule has 0 bridgehead atoms. The van der Waals surface area contributed by atoms with Crippen molar-refractivity contribution >= 4 is 34.7 Å². The molecule has 1 aliphatic carbocycles. The summed E-state index contributed by atoms with van der Waals surface area (Å²) in [5.41, 5.74) is 3.23. The lowest BCUT2D eigenvalue weighted by molar-refractivity contribution is 0.0952. The second-order valence-corrected chi connectivity index (χ2v) is 9.85. The van der Waals surface area contributed by atoms with E-state index in [9.17, 15) is 9.59 Å². The Balaban J connectivity index is 1.31. The zero-order valence-corrected chi connectivity index (χ0v) is 19.5. The molecular weight excluding hydrogens is 450 g/mol. The van der Waals surface area contributed by atoms with Crippen molar-refractivity contribution in [3.05, 3.63) is 58.9 Å². The van der Waals surface area contributed by atoms with E-state index in [1.54, 1.807) is 11.1 Å². The molecular formula is C25H25N5O3S. The van der Waals surface area contributed by atoms with Gasteiger partial charge in [-0.2, -0.15) is 0 Å². The molecule has 2 aromatic heterocycles. The molecule has 9 heteroatoms. The number of morpholine rings is 1. The number of hydrogen-bond acceptors (Lipinski definition) is 7. The number of anilines is 2. The smallest absolute Gasteiger partial charge is 0.278 e. The molecule has 0 spiro atoms.